The van der Waals surface area contributed by atoms with Crippen molar-refractivity contribution in [2.45, 2.75) is 35.9 Å². The molecule has 0 bridgehead atoms. The van der Waals surface area contributed by atoms with Crippen LogP contribution in [0.3, 0.4) is 0 Å². The predicted molar refractivity (Wildman–Crippen MR) is 160 cm³/mol. The number of methoxy groups -OCH3 is 1. The lowest BCUT2D eigenvalue weighted by Gasteiger charge is -2.22. The second-order valence-corrected chi connectivity index (χ2v) is 11.6. The van der Waals surface area contributed by atoms with E-state index in [1.165, 1.54) is 28.8 Å². The van der Waals surface area contributed by atoms with Gasteiger partial charge in [-0.1, -0.05) is 60.7 Å². The highest BCUT2D eigenvalue weighted by molar-refractivity contribution is 8.00. The van der Waals surface area contributed by atoms with Crippen molar-refractivity contribution in [3.05, 3.63) is 101 Å². The molecule has 216 valence electrons. The number of benzene rings is 3. The minimum absolute atomic E-state index is 0.0551. The number of rotatable bonds is 11. The number of unbranched alkanes of at least 4 members (excludes halogenated alkanes) is 1. The van der Waals surface area contributed by atoms with Crippen molar-refractivity contribution in [3.63, 3.8) is 0 Å². The van der Waals surface area contributed by atoms with Crippen LogP contribution in [0.4, 0.5) is 9.52 Å². The average molecular weight is 606 g/mol. The van der Waals surface area contributed by atoms with Crippen LogP contribution >= 0.6 is 23.1 Å². The quantitative estimate of drug-likeness (QED) is 0.0499. The fourth-order valence-electron chi connectivity index (χ4n) is 4.41. The molecule has 0 radical (unpaired) electrons. The molecule has 11 heteroatoms. The topological polar surface area (TPSA) is 102 Å². The molecule has 1 aromatic heterocycles. The Morgan fingerprint density at radius 3 is 2.36 bits per heavy atom. The number of amides is 1. The van der Waals surface area contributed by atoms with Crippen LogP contribution in [0, 0.1) is 5.82 Å². The highest BCUT2D eigenvalue weighted by Crippen LogP contribution is 2.44. The number of ether oxygens (including phenoxy) is 2. The second kappa shape index (κ2) is 13.2. The molecule has 0 spiro atoms. The number of aliphatic hydroxyl groups is 1. The summed E-state index contributed by atoms with van der Waals surface area (Å²) in [6, 6.07) is 18.9. The molecule has 0 aliphatic carbocycles. The summed E-state index contributed by atoms with van der Waals surface area (Å²) in [4.78, 5) is 28.2. The van der Waals surface area contributed by atoms with E-state index in [0.717, 1.165) is 29.7 Å². The minimum atomic E-state index is -0.945. The van der Waals surface area contributed by atoms with Gasteiger partial charge in [0.25, 0.3) is 5.78 Å². The summed E-state index contributed by atoms with van der Waals surface area (Å²) in [7, 11) is 1.54. The van der Waals surface area contributed by atoms with E-state index in [-0.39, 0.29) is 22.3 Å². The molecule has 3 aromatic carbocycles. The smallest absolute Gasteiger partial charge is 0.301 e. The van der Waals surface area contributed by atoms with E-state index in [1.54, 1.807) is 67.8 Å². The molecule has 1 atom stereocenters. The molecule has 8 nitrogen and oxygen atoms in total. The predicted octanol–water partition coefficient (Wildman–Crippen LogP) is 6.78. The van der Waals surface area contributed by atoms with E-state index >= 15 is 0 Å². The SMILES string of the molecule is CCCCOc1ccc(/C(O)=C2\C(=O)C(=O)N(c3nnc(SCc4ccc(F)cc4)s3)C2c2ccc(OC)cc2)cc1. The number of aliphatic hydroxyl groups excluding tert-OH is 1. The lowest BCUT2D eigenvalue weighted by atomic mass is 9.95. The van der Waals surface area contributed by atoms with E-state index < -0.39 is 17.7 Å². The van der Waals surface area contributed by atoms with Crippen LogP contribution in [0.15, 0.2) is 82.7 Å². The van der Waals surface area contributed by atoms with Crippen molar-refractivity contribution < 1.29 is 28.6 Å². The van der Waals surface area contributed by atoms with Crippen LogP contribution < -0.4 is 14.4 Å². The first-order chi connectivity index (χ1) is 20.4. The van der Waals surface area contributed by atoms with Gasteiger partial charge in [0.15, 0.2) is 4.34 Å². The molecule has 1 aliphatic heterocycles. The molecule has 2 heterocycles. The van der Waals surface area contributed by atoms with E-state index in [1.807, 2.05) is 0 Å². The first-order valence-corrected chi connectivity index (χ1v) is 15.1. The molecular formula is C31H28FN3O5S2. The van der Waals surface area contributed by atoms with Gasteiger partial charge in [0.05, 0.1) is 25.3 Å². The number of ketones is 1. The largest absolute Gasteiger partial charge is 0.507 e. The van der Waals surface area contributed by atoms with Gasteiger partial charge < -0.3 is 14.6 Å². The van der Waals surface area contributed by atoms with Gasteiger partial charge in [-0.3, -0.25) is 14.5 Å². The normalized spacial score (nSPS) is 16.2. The summed E-state index contributed by atoms with van der Waals surface area (Å²) in [6.07, 6.45) is 1.93. The highest BCUT2D eigenvalue weighted by Gasteiger charge is 2.48. The summed E-state index contributed by atoms with van der Waals surface area (Å²) in [5.41, 5.74) is 1.81. The Labute approximate surface area is 250 Å². The summed E-state index contributed by atoms with van der Waals surface area (Å²) in [5.74, 6) is -0.487. The van der Waals surface area contributed by atoms with Crippen LogP contribution in [-0.4, -0.2) is 40.7 Å². The Kier molecular flexibility index (Phi) is 9.19. The van der Waals surface area contributed by atoms with Crippen molar-refractivity contribution >= 4 is 45.7 Å². The first kappa shape index (κ1) is 29.3. The fourth-order valence-corrected chi connectivity index (χ4v) is 6.24. The molecule has 1 aliphatic rings. The molecule has 1 saturated heterocycles. The molecule has 1 amide bonds. The number of Topliss-reactive ketones (excluding diaryl/α,β-unsaturated/α-hetero) is 1. The number of carbonyl (C=O) groups excluding carboxylic acids is 2. The van der Waals surface area contributed by atoms with Crippen molar-refractivity contribution in [1.29, 1.82) is 0 Å². The zero-order valence-corrected chi connectivity index (χ0v) is 24.6. The average Bonchev–Trinajstić information content (AvgIpc) is 3.58. The van der Waals surface area contributed by atoms with Crippen molar-refractivity contribution in [1.82, 2.24) is 10.2 Å². The summed E-state index contributed by atoms with van der Waals surface area (Å²) in [5, 5.41) is 20.1. The van der Waals surface area contributed by atoms with Crippen LogP contribution in [0.5, 0.6) is 11.5 Å². The van der Waals surface area contributed by atoms with Crippen LogP contribution in [0.25, 0.3) is 5.76 Å². The lowest BCUT2D eigenvalue weighted by Crippen LogP contribution is -2.29. The molecule has 4 aromatic rings. The van der Waals surface area contributed by atoms with Gasteiger partial charge in [-0.25, -0.2) is 4.39 Å². The monoisotopic (exact) mass is 605 g/mol. The van der Waals surface area contributed by atoms with Crippen molar-refractivity contribution in [2.75, 3.05) is 18.6 Å². The van der Waals surface area contributed by atoms with Gasteiger partial charge in [0, 0.05) is 11.3 Å². The molecule has 1 N–H and O–H groups in total. The number of hydrogen-bond acceptors (Lipinski definition) is 9. The molecule has 5 rings (SSSR count). The van der Waals surface area contributed by atoms with E-state index in [4.69, 9.17) is 9.47 Å². The summed E-state index contributed by atoms with van der Waals surface area (Å²) in [6.45, 7) is 2.66. The highest BCUT2D eigenvalue weighted by atomic mass is 32.2. The van der Waals surface area contributed by atoms with Gasteiger partial charge in [-0.15, -0.1) is 10.2 Å². The second-order valence-electron chi connectivity index (χ2n) is 9.43. The number of carbonyl (C=O) groups is 2. The van der Waals surface area contributed by atoms with E-state index in [9.17, 15) is 19.1 Å². The van der Waals surface area contributed by atoms with Crippen LogP contribution in [-0.2, 0) is 15.3 Å². The van der Waals surface area contributed by atoms with Gasteiger partial charge in [0.2, 0.25) is 5.13 Å². The molecular weight excluding hydrogens is 577 g/mol. The Morgan fingerprint density at radius 1 is 1.00 bits per heavy atom. The van der Waals surface area contributed by atoms with Crippen LogP contribution in [0.1, 0.15) is 42.5 Å². The summed E-state index contributed by atoms with van der Waals surface area (Å²) >= 11 is 2.54. The zero-order chi connectivity index (χ0) is 29.6. The third kappa shape index (κ3) is 6.32. The first-order valence-electron chi connectivity index (χ1n) is 13.3. The third-order valence-corrected chi connectivity index (χ3v) is 8.77. The maximum absolute atomic E-state index is 13.5. The number of thioether (sulfide) groups is 1. The van der Waals surface area contributed by atoms with Gasteiger partial charge in [-0.2, -0.15) is 0 Å². The van der Waals surface area contributed by atoms with Gasteiger partial charge in [-0.05, 0) is 66.1 Å². The number of hydrogen-bond donors (Lipinski definition) is 1. The van der Waals surface area contributed by atoms with E-state index in [2.05, 4.69) is 17.1 Å². The lowest BCUT2D eigenvalue weighted by molar-refractivity contribution is -0.132. The zero-order valence-electron chi connectivity index (χ0n) is 23.0. The Morgan fingerprint density at radius 2 is 1.69 bits per heavy atom. The third-order valence-electron chi connectivity index (χ3n) is 6.65. The maximum atomic E-state index is 13.5. The molecule has 1 fully saturated rings. The number of aromatic nitrogens is 2. The Hall–Kier alpha value is -4.22. The van der Waals surface area contributed by atoms with Gasteiger partial charge >= 0.3 is 5.91 Å². The van der Waals surface area contributed by atoms with E-state index in [0.29, 0.717) is 39.3 Å². The standard InChI is InChI=1S/C31H28FN3O5S2/c1-3-4-17-40-24-15-9-21(10-16-24)27(36)25-26(20-7-13-23(39-2)14-8-20)35(29(38)28(25)37)30-33-34-31(42-30)41-18-19-5-11-22(32)12-6-19/h5-16,26,36H,3-4,17-18H2,1-2H3/b27-25+. The van der Waals surface area contributed by atoms with Crippen molar-refractivity contribution in [3.8, 4) is 11.5 Å². The summed E-state index contributed by atoms with van der Waals surface area (Å²) < 4.78 is 24.8. The minimum Gasteiger partial charge on any atom is -0.507 e. The number of nitrogens with zero attached hydrogens (tertiary/aromatic N) is 3. The van der Waals surface area contributed by atoms with Gasteiger partial charge in [0.1, 0.15) is 23.1 Å². The Bertz CT molecular complexity index is 1590. The molecule has 0 saturated carbocycles. The Balaban J connectivity index is 1.48. The number of halogens is 1. The van der Waals surface area contributed by atoms with Crippen LogP contribution in [0.2, 0.25) is 0 Å². The molecule has 1 unspecified atom stereocenters. The maximum Gasteiger partial charge on any atom is 0.301 e. The number of anilines is 1. The molecule has 42 heavy (non-hydrogen) atoms. The van der Waals surface area contributed by atoms with Crippen molar-refractivity contribution in [2.24, 2.45) is 0 Å². The fraction of sp³-hybridized carbons (Fsp3) is 0.226.